The maximum absolute atomic E-state index is 5.98. The van der Waals surface area contributed by atoms with Gasteiger partial charge in [-0.2, -0.15) is 0 Å². The zero-order valence-corrected chi connectivity index (χ0v) is 15.0. The zero-order chi connectivity index (χ0) is 16.2. The predicted molar refractivity (Wildman–Crippen MR) is 94.1 cm³/mol. The van der Waals surface area contributed by atoms with Crippen LogP contribution < -0.4 is 4.74 Å². The molecule has 1 atom stereocenters. The quantitative estimate of drug-likeness (QED) is 0.836. The van der Waals surface area contributed by atoms with Gasteiger partial charge in [-0.15, -0.1) is 11.3 Å². The number of aromatic nitrogens is 2. The molecular weight excluding hydrogens is 306 g/mol. The van der Waals surface area contributed by atoms with Gasteiger partial charge in [-0.1, -0.05) is 0 Å². The zero-order valence-electron chi connectivity index (χ0n) is 14.2. The predicted octanol–water partition coefficient (Wildman–Crippen LogP) is 3.75. The van der Waals surface area contributed by atoms with Crippen molar-refractivity contribution < 1.29 is 4.74 Å². The van der Waals surface area contributed by atoms with Gasteiger partial charge in [0, 0.05) is 41.8 Å². The molecule has 0 aromatic carbocycles. The van der Waals surface area contributed by atoms with Crippen LogP contribution in [-0.2, 0) is 6.54 Å². The molecule has 2 aromatic heterocycles. The Kier molecular flexibility index (Phi) is 5.28. The monoisotopic (exact) mass is 331 g/mol. The standard InChI is InChI=1S/C18H25N3OS/c1-13-9-17(6-7-19-13)22-12-16-5-4-8-21(10-16)11-18-14(2)20-15(3)23-18/h6-7,9,16H,4-5,8,10-12H2,1-3H3. The van der Waals surface area contributed by atoms with Crippen LogP contribution in [0.5, 0.6) is 5.75 Å². The largest absolute Gasteiger partial charge is 0.493 e. The van der Waals surface area contributed by atoms with E-state index in [2.05, 4.69) is 28.7 Å². The van der Waals surface area contributed by atoms with Crippen molar-refractivity contribution in [2.75, 3.05) is 19.7 Å². The van der Waals surface area contributed by atoms with Crippen LogP contribution in [0.3, 0.4) is 0 Å². The van der Waals surface area contributed by atoms with Crippen molar-refractivity contribution >= 4 is 11.3 Å². The fourth-order valence-corrected chi connectivity index (χ4v) is 4.16. The van der Waals surface area contributed by atoms with Crippen molar-refractivity contribution in [2.45, 2.75) is 40.2 Å². The van der Waals surface area contributed by atoms with Crippen LogP contribution in [-0.4, -0.2) is 34.6 Å². The first-order valence-corrected chi connectivity index (χ1v) is 9.12. The third kappa shape index (κ3) is 4.52. The minimum absolute atomic E-state index is 0.603. The molecular formula is C18H25N3OS. The van der Waals surface area contributed by atoms with Gasteiger partial charge in [0.15, 0.2) is 0 Å². The summed E-state index contributed by atoms with van der Waals surface area (Å²) in [6.07, 6.45) is 4.31. The van der Waals surface area contributed by atoms with E-state index in [4.69, 9.17) is 4.74 Å². The number of ether oxygens (including phenoxy) is 1. The summed E-state index contributed by atoms with van der Waals surface area (Å²) in [5.41, 5.74) is 2.20. The van der Waals surface area contributed by atoms with Crippen molar-refractivity contribution in [1.29, 1.82) is 0 Å². The highest BCUT2D eigenvalue weighted by Crippen LogP contribution is 2.24. The van der Waals surface area contributed by atoms with Crippen LogP contribution in [0, 0.1) is 26.7 Å². The average molecular weight is 331 g/mol. The molecule has 1 saturated heterocycles. The number of nitrogens with zero attached hydrogens (tertiary/aromatic N) is 3. The molecule has 2 aromatic rings. The molecule has 0 bridgehead atoms. The smallest absolute Gasteiger partial charge is 0.122 e. The molecule has 0 saturated carbocycles. The van der Waals surface area contributed by atoms with Gasteiger partial charge in [-0.3, -0.25) is 9.88 Å². The molecule has 124 valence electrons. The molecule has 4 nitrogen and oxygen atoms in total. The molecule has 0 N–H and O–H groups in total. The van der Waals surface area contributed by atoms with Gasteiger partial charge in [0.25, 0.3) is 0 Å². The molecule has 3 heterocycles. The number of rotatable bonds is 5. The first kappa shape index (κ1) is 16.4. The second kappa shape index (κ2) is 7.41. The summed E-state index contributed by atoms with van der Waals surface area (Å²) in [5, 5.41) is 1.17. The Morgan fingerprint density at radius 2 is 2.22 bits per heavy atom. The van der Waals surface area contributed by atoms with Crippen molar-refractivity contribution in [1.82, 2.24) is 14.9 Å². The van der Waals surface area contributed by atoms with Gasteiger partial charge in [0.05, 0.1) is 17.3 Å². The van der Waals surface area contributed by atoms with Gasteiger partial charge in [-0.05, 0) is 46.2 Å². The molecule has 0 amide bonds. The Morgan fingerprint density at radius 3 is 2.96 bits per heavy atom. The molecule has 1 unspecified atom stereocenters. The summed E-state index contributed by atoms with van der Waals surface area (Å²) in [7, 11) is 0. The van der Waals surface area contributed by atoms with Crippen molar-refractivity contribution in [2.24, 2.45) is 5.92 Å². The highest BCUT2D eigenvalue weighted by molar-refractivity contribution is 7.11. The summed E-state index contributed by atoms with van der Waals surface area (Å²) >= 11 is 1.83. The van der Waals surface area contributed by atoms with E-state index in [-0.39, 0.29) is 0 Å². The first-order valence-electron chi connectivity index (χ1n) is 8.31. The number of likely N-dealkylation sites (tertiary alicyclic amines) is 1. The maximum Gasteiger partial charge on any atom is 0.122 e. The Bertz CT molecular complexity index is 655. The average Bonchev–Trinajstić information content (AvgIpc) is 2.83. The number of hydrogen-bond acceptors (Lipinski definition) is 5. The minimum Gasteiger partial charge on any atom is -0.493 e. The van der Waals surface area contributed by atoms with Crippen LogP contribution in [0.1, 0.15) is 34.1 Å². The van der Waals surface area contributed by atoms with Crippen LogP contribution in [0.4, 0.5) is 0 Å². The lowest BCUT2D eigenvalue weighted by Crippen LogP contribution is -2.37. The van der Waals surface area contributed by atoms with Crippen LogP contribution in [0.15, 0.2) is 18.3 Å². The molecule has 0 radical (unpaired) electrons. The van der Waals surface area contributed by atoms with E-state index in [1.165, 1.54) is 35.0 Å². The van der Waals surface area contributed by atoms with Crippen molar-refractivity contribution in [3.63, 3.8) is 0 Å². The van der Waals surface area contributed by atoms with Crippen LogP contribution in [0.2, 0.25) is 0 Å². The minimum atomic E-state index is 0.603. The highest BCUT2D eigenvalue weighted by Gasteiger charge is 2.21. The Labute approximate surface area is 142 Å². The van der Waals surface area contributed by atoms with E-state index in [9.17, 15) is 0 Å². The topological polar surface area (TPSA) is 38.2 Å². The molecule has 1 aliphatic rings. The summed E-state index contributed by atoms with van der Waals surface area (Å²) in [4.78, 5) is 12.7. The van der Waals surface area contributed by atoms with Gasteiger partial charge in [-0.25, -0.2) is 4.98 Å². The molecule has 23 heavy (non-hydrogen) atoms. The van der Waals surface area contributed by atoms with E-state index >= 15 is 0 Å². The lowest BCUT2D eigenvalue weighted by molar-refractivity contribution is 0.125. The van der Waals surface area contributed by atoms with Crippen molar-refractivity contribution in [3.05, 3.63) is 39.6 Å². The SMILES string of the molecule is Cc1cc(OCC2CCCN(Cc3sc(C)nc3C)C2)ccn1. The molecule has 1 fully saturated rings. The molecule has 3 rings (SSSR count). The third-order valence-corrected chi connectivity index (χ3v) is 5.38. The second-order valence-corrected chi connectivity index (χ2v) is 7.72. The third-order valence-electron chi connectivity index (χ3n) is 4.32. The molecule has 1 aliphatic heterocycles. The van der Waals surface area contributed by atoms with E-state index in [1.807, 2.05) is 36.6 Å². The highest BCUT2D eigenvalue weighted by atomic mass is 32.1. The normalized spacial score (nSPS) is 19.0. The Morgan fingerprint density at radius 1 is 1.35 bits per heavy atom. The van der Waals surface area contributed by atoms with Gasteiger partial charge < -0.3 is 4.74 Å². The lowest BCUT2D eigenvalue weighted by Gasteiger charge is -2.32. The number of aryl methyl sites for hydroxylation is 3. The molecule has 0 aliphatic carbocycles. The van der Waals surface area contributed by atoms with E-state index in [0.717, 1.165) is 31.1 Å². The summed E-state index contributed by atoms with van der Waals surface area (Å²) in [5.74, 6) is 1.54. The van der Waals surface area contributed by atoms with Crippen molar-refractivity contribution in [3.8, 4) is 5.75 Å². The first-order chi connectivity index (χ1) is 11.1. The molecule has 0 spiro atoms. The number of piperidine rings is 1. The Balaban J connectivity index is 1.53. The lowest BCUT2D eigenvalue weighted by atomic mass is 9.99. The maximum atomic E-state index is 5.98. The van der Waals surface area contributed by atoms with Gasteiger partial charge >= 0.3 is 0 Å². The van der Waals surface area contributed by atoms with E-state index in [1.54, 1.807) is 0 Å². The molecule has 5 heteroatoms. The van der Waals surface area contributed by atoms with Gasteiger partial charge in [0.1, 0.15) is 5.75 Å². The number of thiazole rings is 1. The summed E-state index contributed by atoms with van der Waals surface area (Å²) in [6, 6.07) is 3.95. The fraction of sp³-hybridized carbons (Fsp3) is 0.556. The van der Waals surface area contributed by atoms with E-state index < -0.39 is 0 Å². The second-order valence-electron chi connectivity index (χ2n) is 6.43. The number of hydrogen-bond donors (Lipinski definition) is 0. The van der Waals surface area contributed by atoms with Crippen LogP contribution in [0.25, 0.3) is 0 Å². The fourth-order valence-electron chi connectivity index (χ4n) is 3.18. The number of pyridine rings is 1. The Hall–Kier alpha value is -1.46. The van der Waals surface area contributed by atoms with Crippen LogP contribution >= 0.6 is 11.3 Å². The summed E-state index contributed by atoms with van der Waals surface area (Å²) in [6.45, 7) is 10.3. The van der Waals surface area contributed by atoms with Gasteiger partial charge in [0.2, 0.25) is 0 Å². The van der Waals surface area contributed by atoms with E-state index in [0.29, 0.717) is 5.92 Å². The summed E-state index contributed by atoms with van der Waals surface area (Å²) < 4.78 is 5.98.